The minimum atomic E-state index is -3.41. The molecule has 120 valence electrons. The molecule has 0 saturated carbocycles. The molecule has 1 N–H and O–H groups in total. The lowest BCUT2D eigenvalue weighted by molar-refractivity contribution is 0.393. The zero-order valence-electron chi connectivity index (χ0n) is 13.8. The first-order valence-corrected chi connectivity index (χ1v) is 9.04. The number of nitrogens with zero attached hydrogens (tertiary/aromatic N) is 1. The maximum absolute atomic E-state index is 12.6. The van der Waals surface area contributed by atoms with Crippen LogP contribution < -0.4 is 5.32 Å². The SMILES string of the molecule is CCC(C)CN(C)S(=O)(=O)c1cccc(C(CC)NC)c1. The highest BCUT2D eigenvalue weighted by molar-refractivity contribution is 7.89. The number of rotatable bonds is 8. The van der Waals surface area contributed by atoms with Gasteiger partial charge in [0.1, 0.15) is 0 Å². The van der Waals surface area contributed by atoms with Gasteiger partial charge in [-0.05, 0) is 37.1 Å². The maximum atomic E-state index is 12.6. The Bertz CT molecular complexity index is 539. The number of hydrogen-bond donors (Lipinski definition) is 1. The standard InChI is InChI=1S/C16H28N2O2S/c1-6-13(3)12-18(5)21(19,20)15-10-8-9-14(11-15)16(7-2)17-4/h8-11,13,16-17H,6-7,12H2,1-5H3. The molecule has 0 aliphatic heterocycles. The molecular weight excluding hydrogens is 284 g/mol. The fourth-order valence-corrected chi connectivity index (χ4v) is 3.69. The molecule has 0 radical (unpaired) electrons. The monoisotopic (exact) mass is 312 g/mol. The van der Waals surface area contributed by atoms with Gasteiger partial charge in [0.15, 0.2) is 0 Å². The second kappa shape index (κ2) is 7.92. The molecule has 0 aliphatic carbocycles. The van der Waals surface area contributed by atoms with Crippen LogP contribution in [-0.4, -0.2) is 33.4 Å². The Kier molecular flexibility index (Phi) is 6.84. The van der Waals surface area contributed by atoms with Crippen molar-refractivity contribution in [2.75, 3.05) is 20.6 Å². The molecular formula is C16H28N2O2S. The van der Waals surface area contributed by atoms with Gasteiger partial charge in [-0.15, -0.1) is 0 Å². The van der Waals surface area contributed by atoms with Crippen LogP contribution in [0.5, 0.6) is 0 Å². The van der Waals surface area contributed by atoms with E-state index in [1.807, 2.05) is 19.2 Å². The maximum Gasteiger partial charge on any atom is 0.242 e. The summed E-state index contributed by atoms with van der Waals surface area (Å²) < 4.78 is 26.7. The predicted octanol–water partition coefficient (Wildman–Crippen LogP) is 3.02. The molecule has 0 bridgehead atoms. The largest absolute Gasteiger partial charge is 0.313 e. The third kappa shape index (κ3) is 4.53. The van der Waals surface area contributed by atoms with E-state index in [4.69, 9.17) is 0 Å². The van der Waals surface area contributed by atoms with Gasteiger partial charge in [-0.25, -0.2) is 12.7 Å². The van der Waals surface area contributed by atoms with Gasteiger partial charge in [-0.2, -0.15) is 0 Å². The highest BCUT2D eigenvalue weighted by atomic mass is 32.2. The summed E-state index contributed by atoms with van der Waals surface area (Å²) >= 11 is 0. The minimum Gasteiger partial charge on any atom is -0.313 e. The van der Waals surface area contributed by atoms with Crippen LogP contribution in [0.3, 0.4) is 0 Å². The van der Waals surface area contributed by atoms with E-state index in [9.17, 15) is 8.42 Å². The molecule has 0 heterocycles. The molecule has 2 unspecified atom stereocenters. The van der Waals surface area contributed by atoms with Gasteiger partial charge in [0.05, 0.1) is 4.90 Å². The lowest BCUT2D eigenvalue weighted by Crippen LogP contribution is -2.31. The van der Waals surface area contributed by atoms with Crippen molar-refractivity contribution in [1.29, 1.82) is 0 Å². The van der Waals surface area contributed by atoms with Crippen molar-refractivity contribution < 1.29 is 8.42 Å². The van der Waals surface area contributed by atoms with Crippen molar-refractivity contribution in [2.45, 2.75) is 44.6 Å². The summed E-state index contributed by atoms with van der Waals surface area (Å²) in [5, 5.41) is 3.21. The Hall–Kier alpha value is -0.910. The van der Waals surface area contributed by atoms with Gasteiger partial charge in [0.25, 0.3) is 0 Å². The van der Waals surface area contributed by atoms with Gasteiger partial charge in [-0.1, -0.05) is 39.3 Å². The van der Waals surface area contributed by atoms with E-state index < -0.39 is 10.0 Å². The molecule has 4 nitrogen and oxygen atoms in total. The molecule has 21 heavy (non-hydrogen) atoms. The van der Waals surface area contributed by atoms with Crippen LogP contribution in [0.15, 0.2) is 29.2 Å². The zero-order valence-corrected chi connectivity index (χ0v) is 14.6. The summed E-state index contributed by atoms with van der Waals surface area (Å²) in [6.07, 6.45) is 1.89. The number of hydrogen-bond acceptors (Lipinski definition) is 3. The van der Waals surface area contributed by atoms with Crippen LogP contribution in [0.4, 0.5) is 0 Å². The first-order valence-electron chi connectivity index (χ1n) is 7.60. The molecule has 0 aliphatic rings. The molecule has 1 aromatic rings. The Morgan fingerprint density at radius 3 is 2.43 bits per heavy atom. The topological polar surface area (TPSA) is 49.4 Å². The summed E-state index contributed by atoms with van der Waals surface area (Å²) in [7, 11) is 0.138. The summed E-state index contributed by atoms with van der Waals surface area (Å²) in [5.74, 6) is 0.355. The Morgan fingerprint density at radius 2 is 1.90 bits per heavy atom. The van der Waals surface area contributed by atoms with Crippen molar-refractivity contribution in [3.05, 3.63) is 29.8 Å². The third-order valence-corrected chi connectivity index (χ3v) is 5.81. The van der Waals surface area contributed by atoms with Crippen LogP contribution in [0.1, 0.15) is 45.2 Å². The quantitative estimate of drug-likeness (QED) is 0.803. The van der Waals surface area contributed by atoms with Crippen molar-refractivity contribution in [3.63, 3.8) is 0 Å². The number of nitrogens with one attached hydrogen (secondary N) is 1. The van der Waals surface area contributed by atoms with Gasteiger partial charge in [-0.3, -0.25) is 0 Å². The molecule has 2 atom stereocenters. The van der Waals surface area contributed by atoms with E-state index in [1.54, 1.807) is 19.2 Å². The zero-order chi connectivity index (χ0) is 16.0. The number of sulfonamides is 1. The summed E-state index contributed by atoms with van der Waals surface area (Å²) in [6, 6.07) is 7.43. The van der Waals surface area contributed by atoms with Crippen molar-refractivity contribution in [2.24, 2.45) is 5.92 Å². The van der Waals surface area contributed by atoms with Crippen LogP contribution in [0, 0.1) is 5.92 Å². The number of benzene rings is 1. The lowest BCUT2D eigenvalue weighted by atomic mass is 10.1. The van der Waals surface area contributed by atoms with Crippen LogP contribution in [0.25, 0.3) is 0 Å². The van der Waals surface area contributed by atoms with Crippen LogP contribution in [-0.2, 0) is 10.0 Å². The van der Waals surface area contributed by atoms with Gasteiger partial charge in [0.2, 0.25) is 10.0 Å². The second-order valence-electron chi connectivity index (χ2n) is 5.62. The van der Waals surface area contributed by atoms with Crippen molar-refractivity contribution >= 4 is 10.0 Å². The molecule has 0 saturated heterocycles. The fourth-order valence-electron chi connectivity index (χ4n) is 2.34. The van der Waals surface area contributed by atoms with E-state index in [-0.39, 0.29) is 6.04 Å². The lowest BCUT2D eigenvalue weighted by Gasteiger charge is -2.21. The normalized spacial score (nSPS) is 15.1. The van der Waals surface area contributed by atoms with E-state index in [1.165, 1.54) is 4.31 Å². The van der Waals surface area contributed by atoms with Crippen LogP contribution in [0.2, 0.25) is 0 Å². The summed E-state index contributed by atoms with van der Waals surface area (Å²) in [4.78, 5) is 0.375. The minimum absolute atomic E-state index is 0.181. The Labute approximate surface area is 129 Å². The molecule has 1 rings (SSSR count). The van der Waals surface area contributed by atoms with Gasteiger partial charge >= 0.3 is 0 Å². The van der Waals surface area contributed by atoms with E-state index in [0.717, 1.165) is 18.4 Å². The van der Waals surface area contributed by atoms with E-state index in [0.29, 0.717) is 17.4 Å². The summed E-state index contributed by atoms with van der Waals surface area (Å²) in [5.41, 5.74) is 1.01. The van der Waals surface area contributed by atoms with Crippen molar-refractivity contribution in [1.82, 2.24) is 9.62 Å². The van der Waals surface area contributed by atoms with Gasteiger partial charge in [0, 0.05) is 19.6 Å². The molecule has 0 spiro atoms. The first kappa shape index (κ1) is 18.1. The predicted molar refractivity (Wildman–Crippen MR) is 87.8 cm³/mol. The summed E-state index contributed by atoms with van der Waals surface area (Å²) in [6.45, 7) is 6.77. The molecule has 5 heteroatoms. The Balaban J connectivity index is 3.06. The highest BCUT2D eigenvalue weighted by Crippen LogP contribution is 2.22. The second-order valence-corrected chi connectivity index (χ2v) is 7.67. The van der Waals surface area contributed by atoms with E-state index >= 15 is 0 Å². The highest BCUT2D eigenvalue weighted by Gasteiger charge is 2.22. The molecule has 0 aromatic heterocycles. The first-order chi connectivity index (χ1) is 9.86. The van der Waals surface area contributed by atoms with E-state index in [2.05, 4.69) is 26.1 Å². The Morgan fingerprint density at radius 1 is 1.24 bits per heavy atom. The van der Waals surface area contributed by atoms with Gasteiger partial charge < -0.3 is 5.32 Å². The molecule has 0 fully saturated rings. The molecule has 1 aromatic carbocycles. The fraction of sp³-hybridized carbons (Fsp3) is 0.625. The average Bonchev–Trinajstić information content (AvgIpc) is 2.48. The average molecular weight is 312 g/mol. The molecule has 0 amide bonds. The third-order valence-electron chi connectivity index (χ3n) is 3.99. The van der Waals surface area contributed by atoms with Crippen molar-refractivity contribution in [3.8, 4) is 0 Å². The smallest absolute Gasteiger partial charge is 0.242 e. The van der Waals surface area contributed by atoms with Crippen LogP contribution >= 0.6 is 0 Å².